The van der Waals surface area contributed by atoms with Crippen LogP contribution >= 0.6 is 11.6 Å². The summed E-state index contributed by atoms with van der Waals surface area (Å²) in [6.07, 6.45) is 6.68. The molecule has 1 saturated heterocycles. The number of hydrogen-bond donors (Lipinski definition) is 1. The molecule has 0 radical (unpaired) electrons. The summed E-state index contributed by atoms with van der Waals surface area (Å²) < 4.78 is 0. The highest BCUT2D eigenvalue weighted by atomic mass is 35.5. The highest BCUT2D eigenvalue weighted by Gasteiger charge is 2.29. The van der Waals surface area contributed by atoms with Gasteiger partial charge in [-0.2, -0.15) is 0 Å². The average molecular weight is 241 g/mol. The highest BCUT2D eigenvalue weighted by molar-refractivity contribution is 6.32. The van der Waals surface area contributed by atoms with Crippen molar-refractivity contribution in [3.05, 3.63) is 17.5 Å². The first-order valence-electron chi connectivity index (χ1n) is 5.68. The molecule has 0 spiro atoms. The van der Waals surface area contributed by atoms with Crippen molar-refractivity contribution in [2.45, 2.75) is 38.3 Å². The number of anilines is 1. The molecule has 2 N–H and O–H groups in total. The normalized spacial score (nSPS) is 25.8. The third-order valence-electron chi connectivity index (χ3n) is 3.19. The van der Waals surface area contributed by atoms with E-state index in [4.69, 9.17) is 17.3 Å². The molecule has 1 aromatic rings. The van der Waals surface area contributed by atoms with Crippen LogP contribution in [0.3, 0.4) is 0 Å². The van der Waals surface area contributed by atoms with Gasteiger partial charge >= 0.3 is 0 Å². The molecule has 5 heteroatoms. The topological polar surface area (TPSA) is 55.0 Å². The maximum atomic E-state index is 6.14. The van der Waals surface area contributed by atoms with Crippen molar-refractivity contribution in [1.82, 2.24) is 9.97 Å². The Labute approximate surface area is 101 Å². The lowest BCUT2D eigenvalue weighted by molar-refractivity contribution is 0.397. The van der Waals surface area contributed by atoms with Gasteiger partial charge in [0.1, 0.15) is 11.3 Å². The second-order valence-electron chi connectivity index (χ2n) is 4.27. The fourth-order valence-corrected chi connectivity index (χ4v) is 2.60. The molecule has 1 aliphatic rings. The Morgan fingerprint density at radius 3 is 3.06 bits per heavy atom. The minimum absolute atomic E-state index is 0.344. The molecule has 16 heavy (non-hydrogen) atoms. The maximum Gasteiger partial charge on any atom is 0.151 e. The molecule has 0 aliphatic carbocycles. The molecule has 0 aromatic carbocycles. The van der Waals surface area contributed by atoms with Gasteiger partial charge in [0.05, 0.1) is 6.20 Å². The molecular weight excluding hydrogens is 224 g/mol. The first kappa shape index (κ1) is 11.6. The largest absolute Gasteiger partial charge is 0.348 e. The fraction of sp³-hybridized carbons (Fsp3) is 0.636. The molecule has 2 rings (SSSR count). The van der Waals surface area contributed by atoms with Crippen LogP contribution in [-0.2, 0) is 0 Å². The number of piperidine rings is 1. The Bertz CT molecular complexity index is 358. The van der Waals surface area contributed by atoms with Gasteiger partial charge in [-0.05, 0) is 26.2 Å². The first-order chi connectivity index (χ1) is 7.74. The monoisotopic (exact) mass is 240 g/mol. The van der Waals surface area contributed by atoms with E-state index in [1.807, 2.05) is 0 Å². The van der Waals surface area contributed by atoms with E-state index < -0.39 is 0 Å². The quantitative estimate of drug-likeness (QED) is 0.857. The van der Waals surface area contributed by atoms with Crippen LogP contribution in [0.4, 0.5) is 5.82 Å². The molecule has 88 valence electrons. The molecule has 0 amide bonds. The van der Waals surface area contributed by atoms with Crippen LogP contribution in [-0.4, -0.2) is 28.6 Å². The van der Waals surface area contributed by atoms with Crippen molar-refractivity contribution >= 4 is 17.4 Å². The summed E-state index contributed by atoms with van der Waals surface area (Å²) >= 11 is 6.14. The highest BCUT2D eigenvalue weighted by Crippen LogP contribution is 2.31. The SMILES string of the molecule is CC1CCCC(CN)N1c1ncncc1Cl. The lowest BCUT2D eigenvalue weighted by Crippen LogP contribution is -2.49. The second-order valence-corrected chi connectivity index (χ2v) is 4.68. The summed E-state index contributed by atoms with van der Waals surface area (Å²) in [7, 11) is 0. The van der Waals surface area contributed by atoms with Crippen molar-refractivity contribution in [2.75, 3.05) is 11.4 Å². The minimum Gasteiger partial charge on any atom is -0.348 e. The summed E-state index contributed by atoms with van der Waals surface area (Å²) in [5.74, 6) is 0.819. The van der Waals surface area contributed by atoms with E-state index in [0.717, 1.165) is 18.7 Å². The van der Waals surface area contributed by atoms with Crippen molar-refractivity contribution in [3.8, 4) is 0 Å². The van der Waals surface area contributed by atoms with E-state index in [2.05, 4.69) is 21.8 Å². The lowest BCUT2D eigenvalue weighted by atomic mass is 9.96. The molecule has 2 unspecified atom stereocenters. The Balaban J connectivity index is 2.32. The van der Waals surface area contributed by atoms with Gasteiger partial charge in [0.15, 0.2) is 5.82 Å². The molecule has 1 aliphatic heterocycles. The Kier molecular flexibility index (Phi) is 3.61. The second kappa shape index (κ2) is 4.97. The van der Waals surface area contributed by atoms with Gasteiger partial charge < -0.3 is 10.6 Å². The fourth-order valence-electron chi connectivity index (χ4n) is 2.40. The predicted octanol–water partition coefficient (Wildman–Crippen LogP) is 1.84. The standard InChI is InChI=1S/C11H17ClN4/c1-8-3-2-4-9(5-13)16(8)11-10(12)6-14-7-15-11/h6-9H,2-5,13H2,1H3. The van der Waals surface area contributed by atoms with Crippen LogP contribution < -0.4 is 10.6 Å². The van der Waals surface area contributed by atoms with Crippen molar-refractivity contribution in [3.63, 3.8) is 0 Å². The van der Waals surface area contributed by atoms with Crippen LogP contribution in [0.1, 0.15) is 26.2 Å². The van der Waals surface area contributed by atoms with Crippen LogP contribution in [0.2, 0.25) is 5.02 Å². The van der Waals surface area contributed by atoms with Crippen molar-refractivity contribution in [1.29, 1.82) is 0 Å². The van der Waals surface area contributed by atoms with Crippen LogP contribution in [0.5, 0.6) is 0 Å². The molecule has 4 nitrogen and oxygen atoms in total. The predicted molar refractivity (Wildman–Crippen MR) is 65.7 cm³/mol. The van der Waals surface area contributed by atoms with E-state index >= 15 is 0 Å². The van der Waals surface area contributed by atoms with Gasteiger partial charge in [-0.15, -0.1) is 0 Å². The Morgan fingerprint density at radius 1 is 1.56 bits per heavy atom. The molecule has 0 bridgehead atoms. The number of aromatic nitrogens is 2. The molecule has 1 fully saturated rings. The third-order valence-corrected chi connectivity index (χ3v) is 3.46. The number of rotatable bonds is 2. The van der Waals surface area contributed by atoms with Gasteiger partial charge in [0.25, 0.3) is 0 Å². The van der Waals surface area contributed by atoms with E-state index in [-0.39, 0.29) is 0 Å². The van der Waals surface area contributed by atoms with E-state index in [9.17, 15) is 0 Å². The lowest BCUT2D eigenvalue weighted by Gasteiger charge is -2.41. The zero-order valence-corrected chi connectivity index (χ0v) is 10.2. The van der Waals surface area contributed by atoms with Crippen molar-refractivity contribution in [2.24, 2.45) is 5.73 Å². The molecule has 2 atom stereocenters. The molecule has 1 aromatic heterocycles. The van der Waals surface area contributed by atoms with Crippen molar-refractivity contribution < 1.29 is 0 Å². The summed E-state index contributed by atoms with van der Waals surface area (Å²) in [5, 5.41) is 0.606. The Morgan fingerprint density at radius 2 is 2.38 bits per heavy atom. The van der Waals surface area contributed by atoms with Crippen LogP contribution in [0.15, 0.2) is 12.5 Å². The minimum atomic E-state index is 0.344. The summed E-state index contributed by atoms with van der Waals surface area (Å²) in [6, 6.07) is 0.783. The Hall–Kier alpha value is -0.870. The summed E-state index contributed by atoms with van der Waals surface area (Å²) in [6.45, 7) is 2.84. The molecular formula is C11H17ClN4. The van der Waals surface area contributed by atoms with E-state index in [0.29, 0.717) is 23.7 Å². The number of halogens is 1. The number of hydrogen-bond acceptors (Lipinski definition) is 4. The first-order valence-corrected chi connectivity index (χ1v) is 6.05. The van der Waals surface area contributed by atoms with Gasteiger partial charge in [-0.1, -0.05) is 11.6 Å². The van der Waals surface area contributed by atoms with Gasteiger partial charge in [-0.25, -0.2) is 9.97 Å². The van der Waals surface area contributed by atoms with Gasteiger partial charge in [-0.3, -0.25) is 0 Å². The number of nitrogens with two attached hydrogens (primary N) is 1. The molecule has 0 saturated carbocycles. The van der Waals surface area contributed by atoms with Crippen LogP contribution in [0, 0.1) is 0 Å². The average Bonchev–Trinajstić information content (AvgIpc) is 2.30. The zero-order valence-electron chi connectivity index (χ0n) is 9.43. The smallest absolute Gasteiger partial charge is 0.151 e. The number of nitrogens with zero attached hydrogens (tertiary/aromatic N) is 3. The third kappa shape index (κ3) is 2.13. The molecule has 2 heterocycles. The van der Waals surface area contributed by atoms with Crippen LogP contribution in [0.25, 0.3) is 0 Å². The van der Waals surface area contributed by atoms with E-state index in [1.54, 1.807) is 6.20 Å². The van der Waals surface area contributed by atoms with Gasteiger partial charge in [0.2, 0.25) is 0 Å². The van der Waals surface area contributed by atoms with Gasteiger partial charge in [0, 0.05) is 18.6 Å². The summed E-state index contributed by atoms with van der Waals surface area (Å²) in [5.41, 5.74) is 5.82. The van der Waals surface area contributed by atoms with E-state index in [1.165, 1.54) is 12.7 Å². The zero-order chi connectivity index (χ0) is 11.5. The maximum absolute atomic E-state index is 6.14. The summed E-state index contributed by atoms with van der Waals surface area (Å²) in [4.78, 5) is 10.4.